The number of hydrogen-bond acceptors (Lipinski definition) is 4. The van der Waals surface area contributed by atoms with Gasteiger partial charge in [-0.2, -0.15) is 0 Å². The van der Waals surface area contributed by atoms with Gasteiger partial charge in [-0.15, -0.1) is 0 Å². The van der Waals surface area contributed by atoms with Crippen LogP contribution >= 0.6 is 0 Å². The second kappa shape index (κ2) is 7.36. The lowest BCUT2D eigenvalue weighted by atomic mass is 10.2. The highest BCUT2D eigenvalue weighted by Crippen LogP contribution is 2.28. The first-order valence-electron chi connectivity index (χ1n) is 8.64. The molecule has 2 aliphatic rings. The molecule has 128 valence electrons. The van der Waals surface area contributed by atoms with E-state index < -0.39 is 0 Å². The lowest BCUT2D eigenvalue weighted by molar-refractivity contribution is 0.164. The number of furan rings is 1. The first-order valence-corrected chi connectivity index (χ1v) is 8.64. The van der Waals surface area contributed by atoms with Gasteiger partial charge >= 0.3 is 6.03 Å². The molecule has 1 aromatic heterocycles. The van der Waals surface area contributed by atoms with Gasteiger partial charge in [0.25, 0.3) is 0 Å². The van der Waals surface area contributed by atoms with Gasteiger partial charge in [0, 0.05) is 19.1 Å². The van der Waals surface area contributed by atoms with Gasteiger partial charge in [0.1, 0.15) is 11.5 Å². The summed E-state index contributed by atoms with van der Waals surface area (Å²) in [7, 11) is 0. The Kier molecular flexibility index (Phi) is 5.23. The van der Waals surface area contributed by atoms with E-state index in [9.17, 15) is 4.79 Å². The second-order valence-corrected chi connectivity index (χ2v) is 6.54. The minimum Gasteiger partial charge on any atom is -0.465 e. The van der Waals surface area contributed by atoms with Crippen molar-refractivity contribution < 1.29 is 14.3 Å². The van der Waals surface area contributed by atoms with Crippen LogP contribution in [0.15, 0.2) is 16.5 Å². The molecule has 2 N–H and O–H groups in total. The molecule has 2 fully saturated rings. The summed E-state index contributed by atoms with van der Waals surface area (Å²) >= 11 is 0. The summed E-state index contributed by atoms with van der Waals surface area (Å²) in [5.74, 6) is 1.82. The molecular formula is C17H27N3O3. The highest BCUT2D eigenvalue weighted by molar-refractivity contribution is 5.75. The number of nitrogens with zero attached hydrogens (tertiary/aromatic N) is 2. The maximum absolute atomic E-state index is 12.4. The zero-order valence-corrected chi connectivity index (χ0v) is 13.8. The highest BCUT2D eigenvalue weighted by Gasteiger charge is 2.33. The molecule has 0 aromatic carbocycles. The Hall–Kier alpha value is -1.53. The van der Waals surface area contributed by atoms with Crippen LogP contribution in [0.25, 0.3) is 0 Å². The number of nitrogens with one attached hydrogen (secondary N) is 1. The Morgan fingerprint density at radius 1 is 1.43 bits per heavy atom. The van der Waals surface area contributed by atoms with E-state index in [1.54, 1.807) is 4.90 Å². The first-order chi connectivity index (χ1) is 11.2. The Morgan fingerprint density at radius 3 is 2.74 bits per heavy atom. The van der Waals surface area contributed by atoms with Gasteiger partial charge in [-0.25, -0.2) is 4.79 Å². The van der Waals surface area contributed by atoms with Crippen molar-refractivity contribution in [3.05, 3.63) is 23.7 Å². The number of rotatable bonds is 7. The molecule has 6 heteroatoms. The van der Waals surface area contributed by atoms with Crippen molar-refractivity contribution in [1.29, 1.82) is 0 Å². The third-order valence-electron chi connectivity index (χ3n) is 4.71. The molecule has 0 radical (unpaired) electrons. The number of carbonyl (C=O) groups is 1. The summed E-state index contributed by atoms with van der Waals surface area (Å²) in [6.45, 7) is 4.99. The SMILES string of the molecule is Cc1ccc(C(CNC(=O)N(CCO)C2CC2)N2CCCC2)o1. The smallest absolute Gasteiger partial charge is 0.317 e. The predicted octanol–water partition coefficient (Wildman–Crippen LogP) is 1.89. The standard InChI is InChI=1S/C17H27N3O3/c1-13-4-7-16(23-13)15(19-8-2-3-9-19)12-18-17(22)20(10-11-21)14-5-6-14/h4,7,14-15,21H,2-3,5-6,8-12H2,1H3,(H,18,22). The number of aryl methyl sites for hydroxylation is 1. The molecule has 1 aromatic rings. The molecule has 1 saturated heterocycles. The fourth-order valence-electron chi connectivity index (χ4n) is 3.32. The van der Waals surface area contributed by atoms with E-state index in [1.807, 2.05) is 19.1 Å². The summed E-state index contributed by atoms with van der Waals surface area (Å²) in [4.78, 5) is 16.6. The molecule has 2 heterocycles. The Labute approximate surface area is 137 Å². The van der Waals surface area contributed by atoms with Crippen molar-refractivity contribution in [1.82, 2.24) is 15.1 Å². The number of carbonyl (C=O) groups excluding carboxylic acids is 1. The quantitative estimate of drug-likeness (QED) is 0.805. The van der Waals surface area contributed by atoms with Crippen molar-refractivity contribution in [2.24, 2.45) is 0 Å². The number of urea groups is 1. The number of hydrogen-bond donors (Lipinski definition) is 2. The van der Waals surface area contributed by atoms with Crippen molar-refractivity contribution in [2.45, 2.75) is 44.7 Å². The monoisotopic (exact) mass is 321 g/mol. The third-order valence-corrected chi connectivity index (χ3v) is 4.71. The molecular weight excluding hydrogens is 294 g/mol. The van der Waals surface area contributed by atoms with E-state index in [4.69, 9.17) is 9.52 Å². The molecule has 2 amide bonds. The zero-order chi connectivity index (χ0) is 16.2. The van der Waals surface area contributed by atoms with Crippen LogP contribution < -0.4 is 5.32 Å². The molecule has 1 unspecified atom stereocenters. The fraction of sp³-hybridized carbons (Fsp3) is 0.706. The van der Waals surface area contributed by atoms with Crippen LogP contribution in [-0.4, -0.2) is 59.8 Å². The van der Waals surface area contributed by atoms with E-state index in [1.165, 1.54) is 12.8 Å². The van der Waals surface area contributed by atoms with Gasteiger partial charge in [0.15, 0.2) is 0 Å². The number of aliphatic hydroxyl groups is 1. The second-order valence-electron chi connectivity index (χ2n) is 6.54. The van der Waals surface area contributed by atoms with E-state index in [2.05, 4.69) is 10.2 Å². The summed E-state index contributed by atoms with van der Waals surface area (Å²) < 4.78 is 5.81. The maximum atomic E-state index is 12.4. The Bertz CT molecular complexity index is 521. The molecule has 1 saturated carbocycles. The Balaban J connectivity index is 1.62. The summed E-state index contributed by atoms with van der Waals surface area (Å²) in [6, 6.07) is 4.30. The molecule has 0 bridgehead atoms. The normalized spacial score (nSPS) is 19.7. The number of likely N-dealkylation sites (tertiary alicyclic amines) is 1. The lowest BCUT2D eigenvalue weighted by Crippen LogP contribution is -2.45. The average molecular weight is 321 g/mol. The van der Waals surface area contributed by atoms with Crippen LogP contribution in [0.5, 0.6) is 0 Å². The van der Waals surface area contributed by atoms with Gasteiger partial charge in [-0.3, -0.25) is 4.90 Å². The molecule has 1 aliphatic carbocycles. The van der Waals surface area contributed by atoms with E-state index in [0.29, 0.717) is 19.1 Å². The zero-order valence-electron chi connectivity index (χ0n) is 13.8. The van der Waals surface area contributed by atoms with Crippen molar-refractivity contribution in [2.75, 3.05) is 32.8 Å². The van der Waals surface area contributed by atoms with Gasteiger partial charge in [0.05, 0.1) is 12.6 Å². The van der Waals surface area contributed by atoms with Crippen molar-refractivity contribution >= 4 is 6.03 Å². The van der Waals surface area contributed by atoms with Gasteiger partial charge in [-0.05, 0) is 57.8 Å². The third kappa shape index (κ3) is 4.06. The molecule has 1 aliphatic heterocycles. The summed E-state index contributed by atoms with van der Waals surface area (Å²) in [5.41, 5.74) is 0. The molecule has 1 atom stereocenters. The minimum absolute atomic E-state index is 0.0108. The fourth-order valence-corrected chi connectivity index (χ4v) is 3.32. The van der Waals surface area contributed by atoms with Crippen molar-refractivity contribution in [3.63, 3.8) is 0 Å². The van der Waals surface area contributed by atoms with E-state index >= 15 is 0 Å². The highest BCUT2D eigenvalue weighted by atomic mass is 16.3. The van der Waals surface area contributed by atoms with Gasteiger partial charge in [-0.1, -0.05) is 0 Å². The lowest BCUT2D eigenvalue weighted by Gasteiger charge is -2.28. The van der Waals surface area contributed by atoms with Crippen molar-refractivity contribution in [3.8, 4) is 0 Å². The maximum Gasteiger partial charge on any atom is 0.317 e. The van der Waals surface area contributed by atoms with Crippen LogP contribution in [-0.2, 0) is 0 Å². The van der Waals surface area contributed by atoms with E-state index in [-0.39, 0.29) is 18.7 Å². The number of amides is 2. The predicted molar refractivity (Wildman–Crippen MR) is 87.2 cm³/mol. The molecule has 23 heavy (non-hydrogen) atoms. The van der Waals surface area contributed by atoms with Crippen LogP contribution in [0.3, 0.4) is 0 Å². The van der Waals surface area contributed by atoms with Gasteiger partial charge in [0.2, 0.25) is 0 Å². The molecule has 0 spiro atoms. The van der Waals surface area contributed by atoms with Crippen LogP contribution in [0.1, 0.15) is 43.2 Å². The topological polar surface area (TPSA) is 69.0 Å². The molecule has 6 nitrogen and oxygen atoms in total. The number of aliphatic hydroxyl groups excluding tert-OH is 1. The molecule has 3 rings (SSSR count). The summed E-state index contributed by atoms with van der Waals surface area (Å²) in [5, 5.41) is 12.2. The van der Waals surface area contributed by atoms with Crippen LogP contribution in [0.2, 0.25) is 0 Å². The summed E-state index contributed by atoms with van der Waals surface area (Å²) in [6.07, 6.45) is 4.48. The van der Waals surface area contributed by atoms with Crippen LogP contribution in [0, 0.1) is 6.92 Å². The first kappa shape index (κ1) is 16.3. The Morgan fingerprint density at radius 2 is 2.17 bits per heavy atom. The largest absolute Gasteiger partial charge is 0.465 e. The van der Waals surface area contributed by atoms with E-state index in [0.717, 1.165) is 37.5 Å². The average Bonchev–Trinajstić information content (AvgIpc) is 3.05. The van der Waals surface area contributed by atoms with Crippen LogP contribution in [0.4, 0.5) is 4.79 Å². The minimum atomic E-state index is -0.0750. The van der Waals surface area contributed by atoms with Gasteiger partial charge < -0.3 is 19.7 Å².